The molecule has 1 heterocycles. The lowest BCUT2D eigenvalue weighted by Gasteiger charge is -2.31. The molecule has 2 aromatic rings. The molecule has 3 rings (SSSR count). The highest BCUT2D eigenvalue weighted by atomic mass is 32.1. The molecule has 1 aromatic carbocycles. The predicted molar refractivity (Wildman–Crippen MR) is 87.5 cm³/mol. The maximum absolute atomic E-state index is 3.81. The van der Waals surface area contributed by atoms with E-state index in [1.54, 1.807) is 10.4 Å². The average molecular weight is 285 g/mol. The summed E-state index contributed by atoms with van der Waals surface area (Å²) in [6, 6.07) is 13.7. The van der Waals surface area contributed by atoms with Crippen molar-refractivity contribution in [3.63, 3.8) is 0 Å². The SMILES string of the molecule is CC(C)(CNC1CCCc2sccc21)c1ccccc1. The summed E-state index contributed by atoms with van der Waals surface area (Å²) in [4.78, 5) is 1.59. The van der Waals surface area contributed by atoms with Crippen LogP contribution in [0.5, 0.6) is 0 Å². The fraction of sp³-hybridized carbons (Fsp3) is 0.444. The van der Waals surface area contributed by atoms with Crippen LogP contribution in [0, 0.1) is 0 Å². The molecule has 0 spiro atoms. The molecule has 1 atom stereocenters. The van der Waals surface area contributed by atoms with E-state index in [2.05, 4.69) is 60.9 Å². The molecule has 0 bridgehead atoms. The third-order valence-electron chi connectivity index (χ3n) is 4.40. The van der Waals surface area contributed by atoms with Crippen LogP contribution in [0.4, 0.5) is 0 Å². The molecule has 0 radical (unpaired) electrons. The van der Waals surface area contributed by atoms with Crippen molar-refractivity contribution in [2.24, 2.45) is 0 Å². The van der Waals surface area contributed by atoms with Crippen LogP contribution in [0.15, 0.2) is 41.8 Å². The third-order valence-corrected chi connectivity index (χ3v) is 5.39. The Morgan fingerprint density at radius 3 is 2.80 bits per heavy atom. The zero-order valence-electron chi connectivity index (χ0n) is 12.4. The third kappa shape index (κ3) is 2.82. The molecule has 20 heavy (non-hydrogen) atoms. The zero-order valence-corrected chi connectivity index (χ0v) is 13.2. The van der Waals surface area contributed by atoms with Crippen LogP contribution >= 0.6 is 11.3 Å². The van der Waals surface area contributed by atoms with Crippen molar-refractivity contribution in [3.05, 3.63) is 57.8 Å². The first-order valence-corrected chi connectivity index (χ1v) is 8.40. The van der Waals surface area contributed by atoms with Gasteiger partial charge in [-0.1, -0.05) is 44.2 Å². The van der Waals surface area contributed by atoms with Crippen LogP contribution in [-0.2, 0) is 11.8 Å². The van der Waals surface area contributed by atoms with E-state index in [4.69, 9.17) is 0 Å². The van der Waals surface area contributed by atoms with Gasteiger partial charge in [0.2, 0.25) is 0 Å². The largest absolute Gasteiger partial charge is 0.309 e. The summed E-state index contributed by atoms with van der Waals surface area (Å²) in [5.74, 6) is 0. The first-order valence-electron chi connectivity index (χ1n) is 7.52. The van der Waals surface area contributed by atoms with E-state index in [1.807, 2.05) is 11.3 Å². The number of hydrogen-bond acceptors (Lipinski definition) is 2. The molecule has 2 heteroatoms. The van der Waals surface area contributed by atoms with Gasteiger partial charge in [-0.25, -0.2) is 0 Å². The monoisotopic (exact) mass is 285 g/mol. The van der Waals surface area contributed by atoms with Crippen molar-refractivity contribution >= 4 is 11.3 Å². The minimum atomic E-state index is 0.175. The lowest BCUT2D eigenvalue weighted by atomic mass is 9.83. The van der Waals surface area contributed by atoms with Gasteiger partial charge in [0.1, 0.15) is 0 Å². The maximum Gasteiger partial charge on any atom is 0.0331 e. The minimum absolute atomic E-state index is 0.175. The van der Waals surface area contributed by atoms with Crippen molar-refractivity contribution in [2.45, 2.75) is 44.6 Å². The molecule has 0 saturated heterocycles. The minimum Gasteiger partial charge on any atom is -0.309 e. The summed E-state index contributed by atoms with van der Waals surface area (Å²) in [5.41, 5.74) is 3.13. The van der Waals surface area contributed by atoms with Gasteiger partial charge in [0.05, 0.1) is 0 Å². The normalized spacial score (nSPS) is 18.8. The molecular weight excluding hydrogens is 262 g/mol. The van der Waals surface area contributed by atoms with Gasteiger partial charge in [0.25, 0.3) is 0 Å². The van der Waals surface area contributed by atoms with Gasteiger partial charge in [-0.15, -0.1) is 11.3 Å². The van der Waals surface area contributed by atoms with Crippen LogP contribution in [-0.4, -0.2) is 6.54 Å². The van der Waals surface area contributed by atoms with Gasteiger partial charge < -0.3 is 5.32 Å². The van der Waals surface area contributed by atoms with Crippen LogP contribution in [0.2, 0.25) is 0 Å². The Morgan fingerprint density at radius 2 is 2.00 bits per heavy atom. The highest BCUT2D eigenvalue weighted by Gasteiger charge is 2.25. The molecule has 0 aliphatic heterocycles. The first kappa shape index (κ1) is 13.8. The molecule has 1 aliphatic rings. The van der Waals surface area contributed by atoms with E-state index in [-0.39, 0.29) is 5.41 Å². The van der Waals surface area contributed by atoms with E-state index < -0.39 is 0 Å². The van der Waals surface area contributed by atoms with Gasteiger partial charge in [-0.3, -0.25) is 0 Å². The molecule has 1 unspecified atom stereocenters. The summed E-state index contributed by atoms with van der Waals surface area (Å²) in [7, 11) is 0. The first-order chi connectivity index (χ1) is 9.67. The van der Waals surface area contributed by atoms with Crippen molar-refractivity contribution in [3.8, 4) is 0 Å². The number of nitrogens with one attached hydrogen (secondary N) is 1. The Labute approximate surface area is 126 Å². The lowest BCUT2D eigenvalue weighted by Crippen LogP contribution is -2.36. The summed E-state index contributed by atoms with van der Waals surface area (Å²) < 4.78 is 0. The molecule has 1 aliphatic carbocycles. The number of hydrogen-bond donors (Lipinski definition) is 1. The van der Waals surface area contributed by atoms with Gasteiger partial charge in [0, 0.05) is 22.9 Å². The quantitative estimate of drug-likeness (QED) is 0.859. The van der Waals surface area contributed by atoms with Gasteiger partial charge in [-0.05, 0) is 41.8 Å². The second-order valence-electron chi connectivity index (χ2n) is 6.37. The van der Waals surface area contributed by atoms with Crippen LogP contribution < -0.4 is 5.32 Å². The van der Waals surface area contributed by atoms with Crippen molar-refractivity contribution in [2.75, 3.05) is 6.54 Å². The molecular formula is C18H23NS. The molecule has 106 valence electrons. The summed E-state index contributed by atoms with van der Waals surface area (Å²) in [5, 5.41) is 6.05. The summed E-state index contributed by atoms with van der Waals surface area (Å²) >= 11 is 1.92. The lowest BCUT2D eigenvalue weighted by molar-refractivity contribution is 0.394. The highest BCUT2D eigenvalue weighted by molar-refractivity contribution is 7.10. The van der Waals surface area contributed by atoms with Crippen molar-refractivity contribution < 1.29 is 0 Å². The zero-order chi connectivity index (χ0) is 14.0. The van der Waals surface area contributed by atoms with Crippen LogP contribution in [0.25, 0.3) is 0 Å². The fourth-order valence-corrected chi connectivity index (χ4v) is 4.06. The van der Waals surface area contributed by atoms with E-state index in [9.17, 15) is 0 Å². The predicted octanol–water partition coefficient (Wildman–Crippen LogP) is 4.69. The van der Waals surface area contributed by atoms with Gasteiger partial charge in [-0.2, -0.15) is 0 Å². The van der Waals surface area contributed by atoms with Crippen molar-refractivity contribution in [1.82, 2.24) is 5.32 Å². The Morgan fingerprint density at radius 1 is 1.20 bits per heavy atom. The summed E-state index contributed by atoms with van der Waals surface area (Å²) in [6.07, 6.45) is 3.86. The number of thiophene rings is 1. The van der Waals surface area contributed by atoms with E-state index in [1.165, 1.54) is 24.8 Å². The second kappa shape index (κ2) is 5.71. The topological polar surface area (TPSA) is 12.0 Å². The molecule has 0 fully saturated rings. The van der Waals surface area contributed by atoms with E-state index in [0.29, 0.717) is 6.04 Å². The molecule has 0 saturated carbocycles. The highest BCUT2D eigenvalue weighted by Crippen LogP contribution is 2.34. The Bertz CT molecular complexity index is 556. The Hall–Kier alpha value is -1.12. The van der Waals surface area contributed by atoms with Crippen molar-refractivity contribution in [1.29, 1.82) is 0 Å². The van der Waals surface area contributed by atoms with E-state index in [0.717, 1.165) is 6.54 Å². The fourth-order valence-electron chi connectivity index (χ4n) is 3.07. The molecule has 1 N–H and O–H groups in total. The second-order valence-corrected chi connectivity index (χ2v) is 7.38. The number of rotatable bonds is 4. The van der Waals surface area contributed by atoms with Crippen LogP contribution in [0.1, 0.15) is 48.7 Å². The van der Waals surface area contributed by atoms with Gasteiger partial charge >= 0.3 is 0 Å². The van der Waals surface area contributed by atoms with Gasteiger partial charge in [0.15, 0.2) is 0 Å². The Kier molecular flexibility index (Phi) is 3.95. The molecule has 0 amide bonds. The standard InChI is InChI=1S/C18H23NS/c1-18(2,14-7-4-3-5-8-14)13-19-16-9-6-10-17-15(16)11-12-20-17/h3-5,7-8,11-12,16,19H,6,9-10,13H2,1-2H3. The Balaban J connectivity index is 1.69. The number of fused-ring (bicyclic) bond motifs is 1. The molecule has 1 aromatic heterocycles. The smallest absolute Gasteiger partial charge is 0.0331 e. The van der Waals surface area contributed by atoms with Crippen LogP contribution in [0.3, 0.4) is 0 Å². The summed E-state index contributed by atoms with van der Waals surface area (Å²) in [6.45, 7) is 5.68. The maximum atomic E-state index is 3.81. The average Bonchev–Trinajstić information content (AvgIpc) is 2.95. The molecule has 1 nitrogen and oxygen atoms in total. The number of benzene rings is 1. The number of aryl methyl sites for hydroxylation is 1. The van der Waals surface area contributed by atoms with E-state index >= 15 is 0 Å².